The zero-order chi connectivity index (χ0) is 10.1. The van der Waals surface area contributed by atoms with E-state index < -0.39 is 21.7 Å². The van der Waals surface area contributed by atoms with Crippen LogP contribution in [-0.2, 0) is 14.8 Å². The molecule has 0 spiro atoms. The van der Waals surface area contributed by atoms with Crippen LogP contribution in [0.1, 0.15) is 6.42 Å². The number of hydrogen-bond acceptors (Lipinski definition) is 4. The van der Waals surface area contributed by atoms with Crippen molar-refractivity contribution in [3.8, 4) is 0 Å². The highest BCUT2D eigenvalue weighted by molar-refractivity contribution is 7.89. The normalized spacial score (nSPS) is 24.8. The van der Waals surface area contributed by atoms with Crippen molar-refractivity contribution in [2.75, 3.05) is 18.8 Å². The number of carboxylic acids is 1. The van der Waals surface area contributed by atoms with Crippen LogP contribution in [0.2, 0.25) is 0 Å². The minimum atomic E-state index is -3.64. The molecule has 3 N–H and O–H groups in total. The first-order valence-corrected chi connectivity index (χ1v) is 5.48. The molecule has 0 bridgehead atoms. The summed E-state index contributed by atoms with van der Waals surface area (Å²) in [6.07, 6.45) is 0.596. The summed E-state index contributed by atoms with van der Waals surface area (Å²) >= 11 is 0. The van der Waals surface area contributed by atoms with Gasteiger partial charge in [-0.1, -0.05) is 0 Å². The van der Waals surface area contributed by atoms with Gasteiger partial charge in [-0.15, -0.1) is 0 Å². The van der Waals surface area contributed by atoms with Crippen LogP contribution in [0.4, 0.5) is 0 Å². The zero-order valence-electron chi connectivity index (χ0n) is 7.01. The standard InChI is InChI=1S/C6H12N2O4S/c7-5-1-2-8(3-5)13(11,12)4-6(9)10/h5H,1-4,7H2,(H,9,10). The maximum atomic E-state index is 11.3. The fourth-order valence-electron chi connectivity index (χ4n) is 1.25. The summed E-state index contributed by atoms with van der Waals surface area (Å²) in [7, 11) is -3.64. The molecule has 13 heavy (non-hydrogen) atoms. The maximum Gasteiger partial charge on any atom is 0.320 e. The Hall–Kier alpha value is -0.660. The van der Waals surface area contributed by atoms with Crippen molar-refractivity contribution >= 4 is 16.0 Å². The van der Waals surface area contributed by atoms with Crippen LogP contribution < -0.4 is 5.73 Å². The van der Waals surface area contributed by atoms with Crippen molar-refractivity contribution in [3.05, 3.63) is 0 Å². The highest BCUT2D eigenvalue weighted by Gasteiger charge is 2.30. The lowest BCUT2D eigenvalue weighted by Gasteiger charge is -2.13. The van der Waals surface area contributed by atoms with E-state index in [1.165, 1.54) is 0 Å². The molecule has 1 unspecified atom stereocenters. The second kappa shape index (κ2) is 3.60. The summed E-state index contributed by atoms with van der Waals surface area (Å²) in [5.74, 6) is -2.18. The minimum absolute atomic E-state index is 0.163. The molecular formula is C6H12N2O4S. The first-order valence-electron chi connectivity index (χ1n) is 3.87. The largest absolute Gasteiger partial charge is 0.480 e. The van der Waals surface area contributed by atoms with Gasteiger partial charge in [0.25, 0.3) is 0 Å². The van der Waals surface area contributed by atoms with Gasteiger partial charge in [0, 0.05) is 19.1 Å². The lowest BCUT2D eigenvalue weighted by atomic mass is 10.3. The highest BCUT2D eigenvalue weighted by Crippen LogP contribution is 2.12. The number of hydrogen-bond donors (Lipinski definition) is 2. The number of carbonyl (C=O) groups is 1. The third kappa shape index (κ3) is 2.64. The molecule has 0 saturated carbocycles. The maximum absolute atomic E-state index is 11.3. The Morgan fingerprint density at radius 1 is 1.62 bits per heavy atom. The average Bonchev–Trinajstić information content (AvgIpc) is 2.32. The SMILES string of the molecule is NC1CCN(S(=O)(=O)CC(=O)O)C1. The Kier molecular flexibility index (Phi) is 2.89. The van der Waals surface area contributed by atoms with Crippen LogP contribution in [0.15, 0.2) is 0 Å². The Morgan fingerprint density at radius 2 is 2.23 bits per heavy atom. The van der Waals surface area contributed by atoms with Gasteiger partial charge in [-0.25, -0.2) is 8.42 Å². The van der Waals surface area contributed by atoms with Gasteiger partial charge >= 0.3 is 5.97 Å². The lowest BCUT2D eigenvalue weighted by molar-refractivity contribution is -0.134. The number of aliphatic carboxylic acids is 1. The summed E-state index contributed by atoms with van der Waals surface area (Å²) in [5.41, 5.74) is 5.50. The minimum Gasteiger partial charge on any atom is -0.480 e. The van der Waals surface area contributed by atoms with Crippen molar-refractivity contribution in [1.29, 1.82) is 0 Å². The summed E-state index contributed by atoms with van der Waals surface area (Å²) < 4.78 is 23.7. The molecule has 1 heterocycles. The van der Waals surface area contributed by atoms with E-state index in [-0.39, 0.29) is 12.6 Å². The summed E-state index contributed by atoms with van der Waals surface area (Å²) in [4.78, 5) is 10.2. The second-order valence-electron chi connectivity index (χ2n) is 3.06. The van der Waals surface area contributed by atoms with Gasteiger partial charge < -0.3 is 10.8 Å². The molecular weight excluding hydrogens is 196 g/mol. The van der Waals surface area contributed by atoms with Gasteiger partial charge in [-0.3, -0.25) is 4.79 Å². The smallest absolute Gasteiger partial charge is 0.320 e. The van der Waals surface area contributed by atoms with E-state index in [2.05, 4.69) is 0 Å². The van der Waals surface area contributed by atoms with Crippen LogP contribution in [0.5, 0.6) is 0 Å². The zero-order valence-corrected chi connectivity index (χ0v) is 7.83. The highest BCUT2D eigenvalue weighted by atomic mass is 32.2. The van der Waals surface area contributed by atoms with E-state index in [9.17, 15) is 13.2 Å². The van der Waals surface area contributed by atoms with Crippen molar-refractivity contribution in [2.24, 2.45) is 5.73 Å². The van der Waals surface area contributed by atoms with Crippen LogP contribution >= 0.6 is 0 Å². The fourth-order valence-corrected chi connectivity index (χ4v) is 2.55. The van der Waals surface area contributed by atoms with Crippen molar-refractivity contribution in [2.45, 2.75) is 12.5 Å². The number of carboxylic acid groups (broad SMARTS) is 1. The number of sulfonamides is 1. The van der Waals surface area contributed by atoms with Crippen LogP contribution in [-0.4, -0.2) is 48.7 Å². The summed E-state index contributed by atoms with van der Waals surface area (Å²) in [5, 5.41) is 8.34. The number of nitrogens with two attached hydrogens (primary N) is 1. The van der Waals surface area contributed by atoms with Crippen molar-refractivity contribution < 1.29 is 18.3 Å². The second-order valence-corrected chi connectivity index (χ2v) is 5.03. The van der Waals surface area contributed by atoms with E-state index >= 15 is 0 Å². The van der Waals surface area contributed by atoms with Crippen LogP contribution in [0.25, 0.3) is 0 Å². The number of rotatable bonds is 3. The van der Waals surface area contributed by atoms with Gasteiger partial charge in [-0.2, -0.15) is 4.31 Å². The molecule has 0 aromatic carbocycles. The molecule has 76 valence electrons. The van der Waals surface area contributed by atoms with Gasteiger partial charge in [-0.05, 0) is 6.42 Å². The van der Waals surface area contributed by atoms with Gasteiger partial charge in [0.15, 0.2) is 5.75 Å². The Labute approximate surface area is 76.4 Å². The summed E-state index contributed by atoms with van der Waals surface area (Å²) in [6, 6.07) is -0.163. The predicted molar refractivity (Wildman–Crippen MR) is 45.6 cm³/mol. The van der Waals surface area contributed by atoms with Crippen LogP contribution in [0.3, 0.4) is 0 Å². The Morgan fingerprint density at radius 3 is 2.62 bits per heavy atom. The molecule has 0 aromatic heterocycles. The molecule has 1 atom stereocenters. The molecule has 1 aliphatic heterocycles. The first kappa shape index (κ1) is 10.4. The predicted octanol–water partition coefficient (Wildman–Crippen LogP) is -1.57. The van der Waals surface area contributed by atoms with E-state index in [0.29, 0.717) is 13.0 Å². The van der Waals surface area contributed by atoms with Gasteiger partial charge in [0.2, 0.25) is 10.0 Å². The van der Waals surface area contributed by atoms with E-state index in [0.717, 1.165) is 4.31 Å². The molecule has 7 heteroatoms. The number of nitrogens with zero attached hydrogens (tertiary/aromatic N) is 1. The molecule has 1 saturated heterocycles. The third-order valence-electron chi connectivity index (χ3n) is 1.89. The fraction of sp³-hybridized carbons (Fsp3) is 0.833. The molecule has 1 fully saturated rings. The molecule has 1 rings (SSSR count). The molecule has 6 nitrogen and oxygen atoms in total. The molecule has 1 aliphatic rings. The average molecular weight is 208 g/mol. The van der Waals surface area contributed by atoms with E-state index in [4.69, 9.17) is 10.8 Å². The van der Waals surface area contributed by atoms with E-state index in [1.807, 2.05) is 0 Å². The van der Waals surface area contributed by atoms with Gasteiger partial charge in [0.05, 0.1) is 0 Å². The van der Waals surface area contributed by atoms with Crippen molar-refractivity contribution in [1.82, 2.24) is 4.31 Å². The van der Waals surface area contributed by atoms with Crippen molar-refractivity contribution in [3.63, 3.8) is 0 Å². The van der Waals surface area contributed by atoms with Gasteiger partial charge in [0.1, 0.15) is 0 Å². The summed E-state index contributed by atoms with van der Waals surface area (Å²) in [6.45, 7) is 0.562. The quantitative estimate of drug-likeness (QED) is 0.583. The molecule has 0 radical (unpaired) electrons. The first-order chi connectivity index (χ1) is 5.92. The lowest BCUT2D eigenvalue weighted by Crippen LogP contribution is -2.35. The molecule has 0 amide bonds. The Bertz CT molecular complexity index is 300. The molecule has 0 aliphatic carbocycles. The molecule has 0 aromatic rings. The Balaban J connectivity index is 2.65. The monoisotopic (exact) mass is 208 g/mol. The van der Waals surface area contributed by atoms with Crippen LogP contribution in [0, 0.1) is 0 Å². The third-order valence-corrected chi connectivity index (χ3v) is 3.62. The topological polar surface area (TPSA) is 101 Å². The van der Waals surface area contributed by atoms with E-state index in [1.54, 1.807) is 0 Å².